The highest BCUT2D eigenvalue weighted by molar-refractivity contribution is 5.24. The van der Waals surface area contributed by atoms with Gasteiger partial charge in [-0.15, -0.1) is 0 Å². The van der Waals surface area contributed by atoms with E-state index in [9.17, 15) is 5.11 Å². The number of hydrogen-bond donors (Lipinski definition) is 1. The van der Waals surface area contributed by atoms with Crippen LogP contribution in [0.15, 0.2) is 24.3 Å². The van der Waals surface area contributed by atoms with Crippen molar-refractivity contribution in [1.82, 2.24) is 0 Å². The van der Waals surface area contributed by atoms with Crippen LogP contribution in [0.2, 0.25) is 0 Å². The first-order valence-electron chi connectivity index (χ1n) is 6.12. The average molecular weight is 242 g/mol. The summed E-state index contributed by atoms with van der Waals surface area (Å²) in [5.74, 6) is 0. The van der Waals surface area contributed by atoms with Crippen LogP contribution in [0.3, 0.4) is 0 Å². The fourth-order valence-electron chi connectivity index (χ4n) is 1.91. The molecule has 0 heterocycles. The molecular weight excluding hydrogens is 220 g/mol. The van der Waals surface area contributed by atoms with Gasteiger partial charge < -0.3 is 19.3 Å². The molecule has 1 aliphatic carbocycles. The van der Waals surface area contributed by atoms with Crippen molar-refractivity contribution in [3.63, 3.8) is 0 Å². The molecule has 0 fully saturated rings. The van der Waals surface area contributed by atoms with E-state index in [2.05, 4.69) is 0 Å². The van der Waals surface area contributed by atoms with E-state index in [4.69, 9.17) is 14.2 Å². The van der Waals surface area contributed by atoms with E-state index in [0.29, 0.717) is 19.8 Å². The Morgan fingerprint density at radius 1 is 1.12 bits per heavy atom. The van der Waals surface area contributed by atoms with Gasteiger partial charge in [0.1, 0.15) is 6.10 Å². The molecule has 4 nitrogen and oxygen atoms in total. The summed E-state index contributed by atoms with van der Waals surface area (Å²) in [5, 5.41) is 10.2. The standard InChI is InChI=1S/C13H22O4/c1-4-15-12(16-5-2)13(17-6-3)10-8-7-9-11(13)14/h7-12,14H,4-6H2,1-3H3. The summed E-state index contributed by atoms with van der Waals surface area (Å²) in [6, 6.07) is 0. The minimum absolute atomic E-state index is 0.478. The van der Waals surface area contributed by atoms with Crippen LogP contribution in [0, 0.1) is 0 Å². The molecule has 0 bridgehead atoms. The highest BCUT2D eigenvalue weighted by Crippen LogP contribution is 2.30. The fourth-order valence-corrected chi connectivity index (χ4v) is 1.91. The summed E-state index contributed by atoms with van der Waals surface area (Å²) >= 11 is 0. The van der Waals surface area contributed by atoms with Crippen molar-refractivity contribution in [1.29, 1.82) is 0 Å². The molecule has 0 aliphatic heterocycles. The number of rotatable bonds is 7. The first-order chi connectivity index (χ1) is 8.21. The molecule has 0 aromatic heterocycles. The highest BCUT2D eigenvalue weighted by Gasteiger charge is 2.45. The second kappa shape index (κ2) is 6.91. The van der Waals surface area contributed by atoms with E-state index in [0.717, 1.165) is 0 Å². The molecule has 0 saturated heterocycles. The smallest absolute Gasteiger partial charge is 0.193 e. The summed E-state index contributed by atoms with van der Waals surface area (Å²) in [4.78, 5) is 0. The van der Waals surface area contributed by atoms with Crippen LogP contribution < -0.4 is 0 Å². The van der Waals surface area contributed by atoms with Gasteiger partial charge in [-0.25, -0.2) is 0 Å². The molecule has 4 heteroatoms. The molecule has 98 valence electrons. The predicted octanol–water partition coefficient (Wildman–Crippen LogP) is 1.65. The second-order valence-electron chi connectivity index (χ2n) is 3.72. The Bertz CT molecular complexity index is 269. The lowest BCUT2D eigenvalue weighted by Crippen LogP contribution is -2.55. The fraction of sp³-hybridized carbons (Fsp3) is 0.692. The Kier molecular flexibility index (Phi) is 5.85. The molecular formula is C13H22O4. The van der Waals surface area contributed by atoms with Gasteiger partial charge in [0.15, 0.2) is 11.9 Å². The summed E-state index contributed by atoms with van der Waals surface area (Å²) in [6.07, 6.45) is 5.74. The maximum atomic E-state index is 10.2. The number of allylic oxidation sites excluding steroid dienone is 2. The van der Waals surface area contributed by atoms with Gasteiger partial charge in [0.2, 0.25) is 0 Å². The van der Waals surface area contributed by atoms with Crippen molar-refractivity contribution in [3.05, 3.63) is 24.3 Å². The van der Waals surface area contributed by atoms with Crippen molar-refractivity contribution in [2.75, 3.05) is 19.8 Å². The van der Waals surface area contributed by atoms with Crippen LogP contribution in [-0.2, 0) is 14.2 Å². The largest absolute Gasteiger partial charge is 0.385 e. The zero-order valence-electron chi connectivity index (χ0n) is 10.8. The third kappa shape index (κ3) is 3.16. The third-order valence-corrected chi connectivity index (χ3v) is 2.62. The lowest BCUT2D eigenvalue weighted by atomic mass is 9.91. The van der Waals surface area contributed by atoms with Crippen LogP contribution in [0.25, 0.3) is 0 Å². The van der Waals surface area contributed by atoms with Crippen LogP contribution in [0.1, 0.15) is 20.8 Å². The lowest BCUT2D eigenvalue weighted by molar-refractivity contribution is -0.253. The van der Waals surface area contributed by atoms with Crippen molar-refractivity contribution in [2.45, 2.75) is 38.8 Å². The molecule has 0 aromatic carbocycles. The van der Waals surface area contributed by atoms with Gasteiger partial charge in [-0.3, -0.25) is 0 Å². The Balaban J connectivity index is 2.94. The molecule has 0 radical (unpaired) electrons. The molecule has 0 aromatic rings. The van der Waals surface area contributed by atoms with Gasteiger partial charge in [0.05, 0.1) is 0 Å². The van der Waals surface area contributed by atoms with Gasteiger partial charge >= 0.3 is 0 Å². The van der Waals surface area contributed by atoms with Crippen molar-refractivity contribution >= 4 is 0 Å². The number of aliphatic hydroxyl groups is 1. The molecule has 0 amide bonds. The zero-order chi connectivity index (χ0) is 12.7. The van der Waals surface area contributed by atoms with Gasteiger partial charge in [0, 0.05) is 19.8 Å². The number of ether oxygens (including phenoxy) is 3. The molecule has 1 aliphatic rings. The summed E-state index contributed by atoms with van der Waals surface area (Å²) < 4.78 is 16.8. The normalized spacial score (nSPS) is 27.9. The number of aliphatic hydroxyl groups excluding tert-OH is 1. The second-order valence-corrected chi connectivity index (χ2v) is 3.72. The van der Waals surface area contributed by atoms with E-state index in [1.807, 2.05) is 26.8 Å². The molecule has 1 N–H and O–H groups in total. The number of hydrogen-bond acceptors (Lipinski definition) is 4. The van der Waals surface area contributed by atoms with Crippen LogP contribution in [0.5, 0.6) is 0 Å². The van der Waals surface area contributed by atoms with E-state index in [1.54, 1.807) is 18.2 Å². The van der Waals surface area contributed by atoms with Gasteiger partial charge in [0.25, 0.3) is 0 Å². The quantitative estimate of drug-likeness (QED) is 0.690. The van der Waals surface area contributed by atoms with E-state index in [-0.39, 0.29) is 0 Å². The molecule has 0 saturated carbocycles. The zero-order valence-corrected chi connectivity index (χ0v) is 10.8. The minimum atomic E-state index is -0.949. The Labute approximate surface area is 103 Å². The Morgan fingerprint density at radius 2 is 1.76 bits per heavy atom. The summed E-state index contributed by atoms with van der Waals surface area (Å²) in [7, 11) is 0. The van der Waals surface area contributed by atoms with Gasteiger partial charge in [-0.1, -0.05) is 18.2 Å². The Morgan fingerprint density at radius 3 is 2.24 bits per heavy atom. The maximum Gasteiger partial charge on any atom is 0.193 e. The minimum Gasteiger partial charge on any atom is -0.385 e. The first-order valence-corrected chi connectivity index (χ1v) is 6.12. The van der Waals surface area contributed by atoms with Crippen molar-refractivity contribution in [3.8, 4) is 0 Å². The van der Waals surface area contributed by atoms with E-state index >= 15 is 0 Å². The topological polar surface area (TPSA) is 47.9 Å². The van der Waals surface area contributed by atoms with Crippen molar-refractivity contribution < 1.29 is 19.3 Å². The summed E-state index contributed by atoms with van der Waals surface area (Å²) in [6.45, 7) is 7.15. The third-order valence-electron chi connectivity index (χ3n) is 2.62. The molecule has 0 spiro atoms. The van der Waals surface area contributed by atoms with Crippen LogP contribution in [0.4, 0.5) is 0 Å². The average Bonchev–Trinajstić information content (AvgIpc) is 2.32. The maximum absolute atomic E-state index is 10.2. The van der Waals surface area contributed by atoms with Gasteiger partial charge in [-0.05, 0) is 26.8 Å². The van der Waals surface area contributed by atoms with Crippen LogP contribution in [-0.4, -0.2) is 42.9 Å². The molecule has 1 rings (SSSR count). The molecule has 2 atom stereocenters. The Hall–Kier alpha value is -0.680. The molecule has 17 heavy (non-hydrogen) atoms. The first kappa shape index (κ1) is 14.4. The van der Waals surface area contributed by atoms with Crippen LogP contribution >= 0.6 is 0 Å². The van der Waals surface area contributed by atoms with Gasteiger partial charge in [-0.2, -0.15) is 0 Å². The van der Waals surface area contributed by atoms with E-state index in [1.165, 1.54) is 0 Å². The van der Waals surface area contributed by atoms with E-state index < -0.39 is 18.0 Å². The SMILES string of the molecule is CCOC(OCC)C1(OCC)C=CC=CC1O. The van der Waals surface area contributed by atoms with Crippen molar-refractivity contribution in [2.24, 2.45) is 0 Å². The lowest BCUT2D eigenvalue weighted by Gasteiger charge is -2.40. The highest BCUT2D eigenvalue weighted by atomic mass is 16.7. The summed E-state index contributed by atoms with van der Waals surface area (Å²) in [5.41, 5.74) is -0.949. The predicted molar refractivity (Wildman–Crippen MR) is 65.7 cm³/mol. The monoisotopic (exact) mass is 242 g/mol. The molecule has 2 unspecified atom stereocenters.